The van der Waals surface area contributed by atoms with Gasteiger partial charge in [0.25, 0.3) is 0 Å². The summed E-state index contributed by atoms with van der Waals surface area (Å²) in [4.78, 5) is 0.414. The molecular weight excluding hydrogens is 284 g/mol. The molecule has 1 N–H and O–H groups in total. The minimum Gasteiger partial charge on any atom is -0.309 e. The molecule has 2 heterocycles. The van der Waals surface area contributed by atoms with Gasteiger partial charge in [-0.05, 0) is 36.0 Å². The van der Waals surface area contributed by atoms with E-state index in [1.807, 2.05) is 12.1 Å². The molecule has 0 aliphatic carbocycles. The van der Waals surface area contributed by atoms with Gasteiger partial charge in [0.15, 0.2) is 0 Å². The van der Waals surface area contributed by atoms with Crippen LogP contribution in [0.25, 0.3) is 0 Å². The van der Waals surface area contributed by atoms with Crippen molar-refractivity contribution >= 4 is 10.0 Å². The van der Waals surface area contributed by atoms with Crippen LogP contribution in [0.3, 0.4) is 0 Å². The van der Waals surface area contributed by atoms with Crippen LogP contribution >= 0.6 is 0 Å². The molecule has 4 nitrogen and oxygen atoms in total. The summed E-state index contributed by atoms with van der Waals surface area (Å²) in [7, 11) is -3.36. The molecule has 0 aromatic heterocycles. The van der Waals surface area contributed by atoms with Gasteiger partial charge >= 0.3 is 0 Å². The van der Waals surface area contributed by atoms with Crippen molar-refractivity contribution in [2.75, 3.05) is 13.1 Å². The van der Waals surface area contributed by atoms with Gasteiger partial charge in [0.1, 0.15) is 0 Å². The van der Waals surface area contributed by atoms with Crippen molar-refractivity contribution in [1.29, 1.82) is 0 Å². The molecule has 116 valence electrons. The molecule has 2 unspecified atom stereocenters. The maximum atomic E-state index is 12.8. The Morgan fingerprint density at radius 1 is 1.05 bits per heavy atom. The maximum Gasteiger partial charge on any atom is 0.243 e. The van der Waals surface area contributed by atoms with Gasteiger partial charge < -0.3 is 5.32 Å². The standard InChI is InChI=1S/C16H24N2O2S/c1-16(2,3)12-4-8-15(9-5-12)21(19,20)18-10-13-6-7-14(11-18)17-13/h4-5,8-9,13-14,17H,6-7,10-11H2,1-3H3. The molecule has 0 radical (unpaired) electrons. The van der Waals surface area contributed by atoms with E-state index in [1.165, 1.54) is 0 Å². The number of benzene rings is 1. The van der Waals surface area contributed by atoms with Crippen molar-refractivity contribution in [3.05, 3.63) is 29.8 Å². The van der Waals surface area contributed by atoms with Gasteiger partial charge in [0.2, 0.25) is 10.0 Å². The number of nitrogens with zero attached hydrogens (tertiary/aromatic N) is 1. The Balaban J connectivity index is 1.85. The number of rotatable bonds is 2. The van der Waals surface area contributed by atoms with Crippen LogP contribution in [0.1, 0.15) is 39.2 Å². The van der Waals surface area contributed by atoms with Gasteiger partial charge in [-0.2, -0.15) is 4.31 Å². The summed E-state index contributed by atoms with van der Waals surface area (Å²) in [5.74, 6) is 0. The second kappa shape index (κ2) is 5.07. The summed E-state index contributed by atoms with van der Waals surface area (Å²) in [6.07, 6.45) is 2.17. The molecule has 2 bridgehead atoms. The van der Waals surface area contributed by atoms with Crippen LogP contribution in [0, 0.1) is 0 Å². The number of nitrogens with one attached hydrogen (secondary N) is 1. The quantitative estimate of drug-likeness (QED) is 0.910. The fourth-order valence-electron chi connectivity index (χ4n) is 3.23. The zero-order valence-electron chi connectivity index (χ0n) is 13.0. The van der Waals surface area contributed by atoms with Gasteiger partial charge in [-0.3, -0.25) is 0 Å². The van der Waals surface area contributed by atoms with Crippen LogP contribution in [-0.2, 0) is 15.4 Å². The molecule has 21 heavy (non-hydrogen) atoms. The summed E-state index contributed by atoms with van der Waals surface area (Å²) in [6, 6.07) is 8.02. The lowest BCUT2D eigenvalue weighted by molar-refractivity contribution is 0.296. The van der Waals surface area contributed by atoms with Crippen molar-refractivity contribution in [2.45, 2.75) is 56.0 Å². The Morgan fingerprint density at radius 3 is 2.05 bits per heavy atom. The van der Waals surface area contributed by atoms with Gasteiger partial charge in [-0.25, -0.2) is 8.42 Å². The fourth-order valence-corrected chi connectivity index (χ4v) is 4.76. The van der Waals surface area contributed by atoms with Gasteiger partial charge in [-0.1, -0.05) is 32.9 Å². The third kappa shape index (κ3) is 2.87. The Bertz CT molecular complexity index is 605. The first-order valence-electron chi connectivity index (χ1n) is 7.63. The highest BCUT2D eigenvalue weighted by Gasteiger charge is 2.38. The molecule has 1 aromatic rings. The summed E-state index contributed by atoms with van der Waals surface area (Å²) < 4.78 is 27.2. The molecular formula is C16H24N2O2S. The largest absolute Gasteiger partial charge is 0.309 e. The van der Waals surface area contributed by atoms with E-state index in [0.29, 0.717) is 30.1 Å². The molecule has 2 saturated heterocycles. The smallest absolute Gasteiger partial charge is 0.243 e. The molecule has 0 saturated carbocycles. The second-order valence-corrected chi connectivity index (χ2v) is 9.17. The van der Waals surface area contributed by atoms with Crippen molar-refractivity contribution in [1.82, 2.24) is 9.62 Å². The Morgan fingerprint density at radius 2 is 1.57 bits per heavy atom. The first kappa shape index (κ1) is 15.0. The Labute approximate surface area is 127 Å². The van der Waals surface area contributed by atoms with Crippen molar-refractivity contribution in [3.63, 3.8) is 0 Å². The van der Waals surface area contributed by atoms with Crippen molar-refractivity contribution in [3.8, 4) is 0 Å². The van der Waals surface area contributed by atoms with E-state index in [1.54, 1.807) is 16.4 Å². The number of sulfonamides is 1. The second-order valence-electron chi connectivity index (χ2n) is 7.23. The topological polar surface area (TPSA) is 49.4 Å². The van der Waals surface area contributed by atoms with Gasteiger partial charge in [0.05, 0.1) is 4.90 Å². The van der Waals surface area contributed by atoms with Crippen LogP contribution in [-0.4, -0.2) is 37.9 Å². The number of piperazine rings is 1. The summed E-state index contributed by atoms with van der Waals surface area (Å²) in [6.45, 7) is 7.58. The lowest BCUT2D eigenvalue weighted by atomic mass is 9.87. The van der Waals surface area contributed by atoms with Crippen LogP contribution in [0.2, 0.25) is 0 Å². The average Bonchev–Trinajstić information content (AvgIpc) is 2.76. The normalized spacial score (nSPS) is 27.0. The van der Waals surface area contributed by atoms with E-state index in [9.17, 15) is 8.42 Å². The van der Waals surface area contributed by atoms with E-state index in [-0.39, 0.29) is 5.41 Å². The Hall–Kier alpha value is -0.910. The van der Waals surface area contributed by atoms with E-state index in [2.05, 4.69) is 26.1 Å². The lowest BCUT2D eigenvalue weighted by Gasteiger charge is -2.32. The SMILES string of the molecule is CC(C)(C)c1ccc(S(=O)(=O)N2CC3CCC(C2)N3)cc1. The minimum absolute atomic E-state index is 0.0381. The van der Waals surface area contributed by atoms with Crippen molar-refractivity contribution < 1.29 is 8.42 Å². The minimum atomic E-state index is -3.36. The molecule has 1 aromatic carbocycles. The fraction of sp³-hybridized carbons (Fsp3) is 0.625. The molecule has 2 atom stereocenters. The van der Waals surface area contributed by atoms with E-state index in [4.69, 9.17) is 0 Å². The lowest BCUT2D eigenvalue weighted by Crippen LogP contribution is -2.52. The van der Waals surface area contributed by atoms with E-state index < -0.39 is 10.0 Å². The third-order valence-corrected chi connectivity index (χ3v) is 6.39. The first-order valence-corrected chi connectivity index (χ1v) is 9.07. The Kier molecular flexibility index (Phi) is 3.62. The highest BCUT2D eigenvalue weighted by Crippen LogP contribution is 2.27. The summed E-state index contributed by atoms with van der Waals surface area (Å²) in [5, 5.41) is 3.47. The van der Waals surface area contributed by atoms with E-state index >= 15 is 0 Å². The van der Waals surface area contributed by atoms with Crippen LogP contribution in [0.5, 0.6) is 0 Å². The molecule has 5 heteroatoms. The average molecular weight is 308 g/mol. The summed E-state index contributed by atoms with van der Waals surface area (Å²) >= 11 is 0. The highest BCUT2D eigenvalue weighted by molar-refractivity contribution is 7.89. The predicted octanol–water partition coefficient (Wildman–Crippen LogP) is 2.11. The van der Waals surface area contributed by atoms with E-state index in [0.717, 1.165) is 18.4 Å². The molecule has 3 rings (SSSR count). The van der Waals surface area contributed by atoms with Gasteiger partial charge in [0, 0.05) is 25.2 Å². The van der Waals surface area contributed by atoms with Gasteiger partial charge in [-0.15, -0.1) is 0 Å². The third-order valence-electron chi connectivity index (χ3n) is 4.54. The number of hydrogen-bond donors (Lipinski definition) is 1. The first-order chi connectivity index (χ1) is 9.77. The molecule has 0 amide bonds. The molecule has 2 aliphatic rings. The molecule has 2 fully saturated rings. The van der Waals surface area contributed by atoms with Crippen LogP contribution in [0.15, 0.2) is 29.2 Å². The predicted molar refractivity (Wildman–Crippen MR) is 83.8 cm³/mol. The van der Waals surface area contributed by atoms with Crippen LogP contribution < -0.4 is 5.32 Å². The zero-order valence-corrected chi connectivity index (χ0v) is 13.8. The zero-order chi connectivity index (χ0) is 15.3. The molecule has 2 aliphatic heterocycles. The number of fused-ring (bicyclic) bond motifs is 2. The molecule has 0 spiro atoms. The monoisotopic (exact) mass is 308 g/mol. The summed E-state index contributed by atoms with van der Waals surface area (Å²) in [5.41, 5.74) is 1.19. The number of hydrogen-bond acceptors (Lipinski definition) is 3. The highest BCUT2D eigenvalue weighted by atomic mass is 32.2. The van der Waals surface area contributed by atoms with Crippen molar-refractivity contribution in [2.24, 2.45) is 0 Å². The maximum absolute atomic E-state index is 12.8. The van der Waals surface area contributed by atoms with Crippen LogP contribution in [0.4, 0.5) is 0 Å².